The van der Waals surface area contributed by atoms with E-state index in [4.69, 9.17) is 0 Å². The van der Waals surface area contributed by atoms with Crippen molar-refractivity contribution in [2.45, 2.75) is 45.4 Å². The van der Waals surface area contributed by atoms with Gasteiger partial charge < -0.3 is 0 Å². The van der Waals surface area contributed by atoms with Crippen molar-refractivity contribution in [3.05, 3.63) is 33.8 Å². The molecule has 0 amide bonds. The third-order valence-corrected chi connectivity index (χ3v) is 3.25. The molecule has 0 N–H and O–H groups in total. The van der Waals surface area contributed by atoms with Crippen LogP contribution in [-0.2, 0) is 6.42 Å². The number of halogens is 3. The van der Waals surface area contributed by atoms with Crippen molar-refractivity contribution in [3.8, 4) is 0 Å². The Balaban J connectivity index is 2.45. The molecule has 0 aliphatic heterocycles. The van der Waals surface area contributed by atoms with E-state index < -0.39 is 0 Å². The van der Waals surface area contributed by atoms with Crippen molar-refractivity contribution in [1.29, 1.82) is 0 Å². The summed E-state index contributed by atoms with van der Waals surface area (Å²) in [5.41, 5.74) is 0.484. The molecule has 90 valence electrons. The summed E-state index contributed by atoms with van der Waals surface area (Å²) in [5, 5.41) is 0. The molecule has 0 heterocycles. The maximum atomic E-state index is 13.4. The quantitative estimate of drug-likeness (QED) is 0.496. The molecule has 0 radical (unpaired) electrons. The molecular weight excluding hydrogens is 274 g/mol. The van der Waals surface area contributed by atoms with Gasteiger partial charge in [0.25, 0.3) is 0 Å². The minimum atomic E-state index is -0.384. The van der Waals surface area contributed by atoms with Crippen molar-refractivity contribution < 1.29 is 8.78 Å². The highest BCUT2D eigenvalue weighted by molar-refractivity contribution is 9.10. The molecule has 0 aliphatic carbocycles. The van der Waals surface area contributed by atoms with E-state index in [1.807, 2.05) is 0 Å². The number of unbranched alkanes of at least 4 members (excludes halogenated alkanes) is 4. The zero-order chi connectivity index (χ0) is 12.0. The molecule has 0 saturated carbocycles. The van der Waals surface area contributed by atoms with Gasteiger partial charge in [0.05, 0.1) is 4.47 Å². The van der Waals surface area contributed by atoms with Crippen LogP contribution in [0.3, 0.4) is 0 Å². The highest BCUT2D eigenvalue weighted by Crippen LogP contribution is 2.21. The topological polar surface area (TPSA) is 0 Å². The third-order valence-electron chi connectivity index (χ3n) is 2.64. The summed E-state index contributed by atoms with van der Waals surface area (Å²) >= 11 is 2.97. The first-order valence-corrected chi connectivity index (χ1v) is 6.58. The van der Waals surface area contributed by atoms with Crippen LogP contribution in [0.1, 0.15) is 44.6 Å². The van der Waals surface area contributed by atoms with Gasteiger partial charge in [-0.2, -0.15) is 0 Å². The van der Waals surface area contributed by atoms with Crippen LogP contribution in [0.25, 0.3) is 0 Å². The zero-order valence-corrected chi connectivity index (χ0v) is 11.1. The lowest BCUT2D eigenvalue weighted by molar-refractivity contribution is 0.567. The van der Waals surface area contributed by atoms with E-state index in [9.17, 15) is 8.78 Å². The van der Waals surface area contributed by atoms with Crippen LogP contribution in [0.2, 0.25) is 0 Å². The van der Waals surface area contributed by atoms with Crippen molar-refractivity contribution in [1.82, 2.24) is 0 Å². The first-order valence-electron chi connectivity index (χ1n) is 5.78. The van der Waals surface area contributed by atoms with E-state index in [0.717, 1.165) is 12.8 Å². The lowest BCUT2D eigenvalue weighted by atomic mass is 10.1. The van der Waals surface area contributed by atoms with Gasteiger partial charge in [-0.05, 0) is 46.5 Å². The molecule has 0 nitrogen and oxygen atoms in total. The molecule has 0 aliphatic rings. The van der Waals surface area contributed by atoms with Gasteiger partial charge in [-0.15, -0.1) is 0 Å². The Labute approximate surface area is 104 Å². The van der Waals surface area contributed by atoms with Gasteiger partial charge in [0.1, 0.15) is 11.6 Å². The van der Waals surface area contributed by atoms with Crippen molar-refractivity contribution in [2.24, 2.45) is 0 Å². The molecule has 1 aromatic rings. The first kappa shape index (κ1) is 13.6. The summed E-state index contributed by atoms with van der Waals surface area (Å²) < 4.78 is 26.8. The Hall–Kier alpha value is -0.440. The Morgan fingerprint density at radius 3 is 2.38 bits per heavy atom. The molecule has 0 unspecified atom stereocenters. The van der Waals surface area contributed by atoms with Crippen LogP contribution in [0.5, 0.6) is 0 Å². The summed E-state index contributed by atoms with van der Waals surface area (Å²) in [6.07, 6.45) is 6.23. The molecule has 0 bridgehead atoms. The summed E-state index contributed by atoms with van der Waals surface area (Å²) in [6, 6.07) is 2.50. The minimum Gasteiger partial charge on any atom is -0.207 e. The average molecular weight is 291 g/mol. The number of hydrogen-bond donors (Lipinski definition) is 0. The van der Waals surface area contributed by atoms with Crippen molar-refractivity contribution in [2.75, 3.05) is 0 Å². The zero-order valence-electron chi connectivity index (χ0n) is 9.53. The van der Waals surface area contributed by atoms with Gasteiger partial charge >= 0.3 is 0 Å². The van der Waals surface area contributed by atoms with Gasteiger partial charge in [0, 0.05) is 0 Å². The van der Waals surface area contributed by atoms with Gasteiger partial charge in [-0.1, -0.05) is 32.6 Å². The lowest BCUT2D eigenvalue weighted by Crippen LogP contribution is -1.93. The molecule has 1 rings (SSSR count). The summed E-state index contributed by atoms with van der Waals surface area (Å²) in [5.74, 6) is -0.700. The van der Waals surface area contributed by atoms with E-state index in [1.165, 1.54) is 31.4 Å². The molecule has 3 heteroatoms. The second-order valence-corrected chi connectivity index (χ2v) is 4.88. The molecule has 0 atom stereocenters. The predicted molar refractivity (Wildman–Crippen MR) is 66.5 cm³/mol. The van der Waals surface area contributed by atoms with Gasteiger partial charge in [-0.25, -0.2) is 8.78 Å². The summed E-state index contributed by atoms with van der Waals surface area (Å²) in [4.78, 5) is 0. The van der Waals surface area contributed by atoms with Crippen molar-refractivity contribution >= 4 is 15.9 Å². The molecular formula is C13H17BrF2. The number of rotatable bonds is 6. The minimum absolute atomic E-state index is 0.194. The van der Waals surface area contributed by atoms with Crippen LogP contribution in [0.15, 0.2) is 16.6 Å². The Kier molecular flexibility index (Phi) is 5.96. The number of benzene rings is 1. The van der Waals surface area contributed by atoms with Crippen LogP contribution in [0.4, 0.5) is 8.78 Å². The Morgan fingerprint density at radius 1 is 1.00 bits per heavy atom. The van der Waals surface area contributed by atoms with E-state index in [1.54, 1.807) is 0 Å². The van der Waals surface area contributed by atoms with E-state index in [0.29, 0.717) is 12.0 Å². The molecule has 0 aromatic heterocycles. The number of hydrogen-bond acceptors (Lipinski definition) is 0. The monoisotopic (exact) mass is 290 g/mol. The molecule has 0 spiro atoms. The highest BCUT2D eigenvalue weighted by atomic mass is 79.9. The van der Waals surface area contributed by atoms with Crippen LogP contribution in [-0.4, -0.2) is 0 Å². The second-order valence-electron chi connectivity index (χ2n) is 4.02. The highest BCUT2D eigenvalue weighted by Gasteiger charge is 2.07. The maximum absolute atomic E-state index is 13.4. The number of aryl methyl sites for hydroxylation is 1. The first-order chi connectivity index (χ1) is 7.65. The SMILES string of the molecule is CCCCCCCc1cc(F)c(Br)cc1F. The predicted octanol–water partition coefficient (Wildman–Crippen LogP) is 5.24. The smallest absolute Gasteiger partial charge is 0.137 e. The van der Waals surface area contributed by atoms with Crippen LogP contribution < -0.4 is 0 Å². The van der Waals surface area contributed by atoms with E-state index in [-0.39, 0.29) is 16.1 Å². The lowest BCUT2D eigenvalue weighted by Gasteiger charge is -2.04. The Morgan fingerprint density at radius 2 is 1.69 bits per heavy atom. The van der Waals surface area contributed by atoms with E-state index >= 15 is 0 Å². The fourth-order valence-electron chi connectivity index (χ4n) is 1.67. The molecule has 1 aromatic carbocycles. The molecule has 0 saturated heterocycles. The fraction of sp³-hybridized carbons (Fsp3) is 0.538. The fourth-order valence-corrected chi connectivity index (χ4v) is 1.99. The molecule has 16 heavy (non-hydrogen) atoms. The van der Waals surface area contributed by atoms with Gasteiger partial charge in [-0.3, -0.25) is 0 Å². The Bertz CT molecular complexity index is 337. The van der Waals surface area contributed by atoms with Crippen LogP contribution >= 0.6 is 15.9 Å². The van der Waals surface area contributed by atoms with Gasteiger partial charge in [0.2, 0.25) is 0 Å². The second kappa shape index (κ2) is 7.00. The molecule has 0 fully saturated rings. The van der Waals surface area contributed by atoms with Crippen LogP contribution in [0, 0.1) is 11.6 Å². The summed E-state index contributed by atoms with van der Waals surface area (Å²) in [6.45, 7) is 2.16. The largest absolute Gasteiger partial charge is 0.207 e. The summed E-state index contributed by atoms with van der Waals surface area (Å²) in [7, 11) is 0. The standard InChI is InChI=1S/C13H17BrF2/c1-2-3-4-5-6-7-10-8-13(16)11(14)9-12(10)15/h8-9H,2-7H2,1H3. The maximum Gasteiger partial charge on any atom is 0.137 e. The van der Waals surface area contributed by atoms with Gasteiger partial charge in [0.15, 0.2) is 0 Å². The van der Waals surface area contributed by atoms with E-state index in [2.05, 4.69) is 22.9 Å². The average Bonchev–Trinajstić information content (AvgIpc) is 2.25. The normalized spacial score (nSPS) is 10.8. The van der Waals surface area contributed by atoms with Crippen molar-refractivity contribution in [3.63, 3.8) is 0 Å². The third kappa shape index (κ3) is 4.20.